The van der Waals surface area contributed by atoms with Crippen molar-refractivity contribution >= 4 is 21.6 Å². The van der Waals surface area contributed by atoms with E-state index in [4.69, 9.17) is 11.0 Å². The third kappa shape index (κ3) is 4.81. The first-order chi connectivity index (χ1) is 7.92. The summed E-state index contributed by atoms with van der Waals surface area (Å²) < 4.78 is 21.3. The molecule has 17 heavy (non-hydrogen) atoms. The summed E-state index contributed by atoms with van der Waals surface area (Å²) in [5, 5.41) is 7.24. The normalized spacial score (nSPS) is 10.9. The first-order valence-electron chi connectivity index (χ1n) is 4.78. The van der Waals surface area contributed by atoms with Crippen molar-refractivity contribution in [3.05, 3.63) is 29.8 Å². The Morgan fingerprint density at radius 1 is 1.24 bits per heavy atom. The number of amides is 1. The van der Waals surface area contributed by atoms with Crippen molar-refractivity contribution in [3.63, 3.8) is 0 Å². The number of hydrogen-bond acceptors (Lipinski definition) is 5. The Morgan fingerprint density at radius 2 is 1.82 bits per heavy atom. The molecule has 0 unspecified atom stereocenters. The lowest BCUT2D eigenvalue weighted by molar-refractivity contribution is 0.0956. The number of anilines is 1. The lowest BCUT2D eigenvalue weighted by Gasteiger charge is -2.05. The summed E-state index contributed by atoms with van der Waals surface area (Å²) in [6, 6.07) is 6.41. The molecule has 1 rings (SSSR count). The molecule has 0 saturated heterocycles. The van der Waals surface area contributed by atoms with Gasteiger partial charge < -0.3 is 10.7 Å². The van der Waals surface area contributed by atoms with Crippen LogP contribution in [-0.4, -0.2) is 26.6 Å². The molecular formula is C9H14N4O3S. The van der Waals surface area contributed by atoms with Gasteiger partial charge in [0.2, 0.25) is 10.0 Å². The Balaban J connectivity index is 2.52. The summed E-state index contributed by atoms with van der Waals surface area (Å²) in [6.45, 7) is -0.0193. The molecule has 0 aliphatic heterocycles. The Labute approximate surface area is 99.2 Å². The largest absolute Gasteiger partial charge is 0.351 e. The molecule has 1 aromatic carbocycles. The third-order valence-corrected chi connectivity index (χ3v) is 2.76. The molecule has 0 aliphatic carbocycles. The highest BCUT2D eigenvalue weighted by Gasteiger charge is 2.07. The van der Waals surface area contributed by atoms with Crippen LogP contribution in [0.15, 0.2) is 24.3 Å². The minimum atomic E-state index is -3.55. The minimum absolute atomic E-state index is 0.0193. The van der Waals surface area contributed by atoms with Gasteiger partial charge in [-0.1, -0.05) is 0 Å². The molecule has 0 fully saturated rings. The van der Waals surface area contributed by atoms with E-state index in [2.05, 4.69) is 10.7 Å². The first-order valence-corrected chi connectivity index (χ1v) is 6.49. The number of nitrogens with one attached hydrogen (secondary N) is 2. The van der Waals surface area contributed by atoms with E-state index in [1.54, 1.807) is 24.3 Å². The number of rotatable bonds is 5. The van der Waals surface area contributed by atoms with Gasteiger partial charge in [-0.15, -0.1) is 0 Å². The molecule has 6 N–H and O–H groups in total. The molecule has 1 aromatic rings. The maximum atomic E-state index is 11.5. The van der Waals surface area contributed by atoms with Crippen LogP contribution in [0.4, 0.5) is 5.69 Å². The Morgan fingerprint density at radius 3 is 2.29 bits per heavy atom. The molecule has 0 atom stereocenters. The summed E-state index contributed by atoms with van der Waals surface area (Å²) in [7, 11) is -3.55. The van der Waals surface area contributed by atoms with Crippen LogP contribution in [0.3, 0.4) is 0 Å². The molecule has 1 amide bonds. The molecule has 0 saturated carbocycles. The quantitative estimate of drug-likeness (QED) is 0.397. The van der Waals surface area contributed by atoms with Gasteiger partial charge in [-0.25, -0.2) is 13.6 Å². The summed E-state index contributed by atoms with van der Waals surface area (Å²) in [6.07, 6.45) is 0. The number of primary sulfonamides is 1. The number of sulfonamides is 1. The fraction of sp³-hybridized carbons (Fsp3) is 0.222. The van der Waals surface area contributed by atoms with E-state index < -0.39 is 10.0 Å². The molecule has 94 valence electrons. The monoisotopic (exact) mass is 258 g/mol. The zero-order valence-corrected chi connectivity index (χ0v) is 9.83. The fourth-order valence-corrected chi connectivity index (χ4v) is 1.51. The van der Waals surface area contributed by atoms with E-state index in [0.29, 0.717) is 11.3 Å². The average molecular weight is 258 g/mol. The van der Waals surface area contributed by atoms with E-state index in [0.717, 1.165) is 0 Å². The number of benzene rings is 1. The summed E-state index contributed by atoms with van der Waals surface area (Å²) in [4.78, 5) is 11.5. The second-order valence-electron chi connectivity index (χ2n) is 3.34. The van der Waals surface area contributed by atoms with Crippen molar-refractivity contribution in [1.29, 1.82) is 0 Å². The molecule has 7 nitrogen and oxygen atoms in total. The number of hydrogen-bond donors (Lipinski definition) is 4. The van der Waals surface area contributed by atoms with E-state index in [1.165, 1.54) is 0 Å². The van der Waals surface area contributed by atoms with Crippen molar-refractivity contribution < 1.29 is 13.2 Å². The lowest BCUT2D eigenvalue weighted by atomic mass is 10.2. The third-order valence-electron chi connectivity index (χ3n) is 1.99. The molecule has 0 radical (unpaired) electrons. The Hall–Kier alpha value is -1.64. The number of hydrazine groups is 1. The summed E-state index contributed by atoms with van der Waals surface area (Å²) in [5.41, 5.74) is 3.52. The van der Waals surface area contributed by atoms with E-state index in [-0.39, 0.29) is 18.2 Å². The fourth-order valence-electron chi connectivity index (χ4n) is 1.13. The molecule has 0 bridgehead atoms. The van der Waals surface area contributed by atoms with Crippen LogP contribution in [0.2, 0.25) is 0 Å². The Bertz CT molecular complexity index is 483. The molecule has 0 aliphatic rings. The molecule has 0 spiro atoms. The topological polar surface area (TPSA) is 127 Å². The van der Waals surface area contributed by atoms with Crippen molar-refractivity contribution in [2.75, 3.05) is 17.7 Å². The van der Waals surface area contributed by atoms with Gasteiger partial charge in [0, 0.05) is 17.8 Å². The second-order valence-corrected chi connectivity index (χ2v) is 5.08. The van der Waals surface area contributed by atoms with Gasteiger partial charge in [0.05, 0.1) is 5.75 Å². The first kappa shape index (κ1) is 13.4. The van der Waals surface area contributed by atoms with Crippen LogP contribution in [-0.2, 0) is 10.0 Å². The number of nitrogen functional groups attached to an aromatic ring is 1. The number of nitrogens with two attached hydrogens (primary N) is 2. The molecule has 0 aromatic heterocycles. The van der Waals surface area contributed by atoms with Crippen LogP contribution in [0.5, 0.6) is 0 Å². The molecular weight excluding hydrogens is 244 g/mol. The van der Waals surface area contributed by atoms with Crippen molar-refractivity contribution in [1.82, 2.24) is 5.32 Å². The van der Waals surface area contributed by atoms with E-state index in [1.807, 2.05) is 0 Å². The van der Waals surface area contributed by atoms with Crippen molar-refractivity contribution in [2.45, 2.75) is 0 Å². The van der Waals surface area contributed by atoms with Crippen LogP contribution < -0.4 is 21.7 Å². The standard InChI is InChI=1S/C9H14N4O3S/c10-13-8-3-1-7(2-4-8)9(14)12-5-6-17(11,15)16/h1-4,13H,5-6,10H2,(H,12,14)(H2,11,15,16). The van der Waals surface area contributed by atoms with Gasteiger partial charge in [0.1, 0.15) is 0 Å². The van der Waals surface area contributed by atoms with Crippen LogP contribution in [0.25, 0.3) is 0 Å². The highest BCUT2D eigenvalue weighted by atomic mass is 32.2. The van der Waals surface area contributed by atoms with Gasteiger partial charge in [-0.05, 0) is 24.3 Å². The van der Waals surface area contributed by atoms with Crippen LogP contribution >= 0.6 is 0 Å². The van der Waals surface area contributed by atoms with Gasteiger partial charge in [-0.2, -0.15) is 0 Å². The summed E-state index contributed by atoms with van der Waals surface area (Å²) in [5.74, 6) is 4.52. The second kappa shape index (κ2) is 5.62. The van der Waals surface area contributed by atoms with Crippen molar-refractivity contribution in [2.24, 2.45) is 11.0 Å². The van der Waals surface area contributed by atoms with Crippen molar-refractivity contribution in [3.8, 4) is 0 Å². The highest BCUT2D eigenvalue weighted by Crippen LogP contribution is 2.07. The average Bonchev–Trinajstić information content (AvgIpc) is 2.27. The zero-order valence-electron chi connectivity index (χ0n) is 9.01. The minimum Gasteiger partial charge on any atom is -0.351 e. The number of carbonyl (C=O) groups is 1. The highest BCUT2D eigenvalue weighted by molar-refractivity contribution is 7.89. The maximum absolute atomic E-state index is 11.5. The Kier molecular flexibility index (Phi) is 4.44. The van der Waals surface area contributed by atoms with E-state index >= 15 is 0 Å². The van der Waals surface area contributed by atoms with Gasteiger partial charge in [0.15, 0.2) is 0 Å². The van der Waals surface area contributed by atoms with Gasteiger partial charge in [-0.3, -0.25) is 10.6 Å². The van der Waals surface area contributed by atoms with E-state index in [9.17, 15) is 13.2 Å². The zero-order chi connectivity index (χ0) is 12.9. The van der Waals surface area contributed by atoms with Crippen LogP contribution in [0.1, 0.15) is 10.4 Å². The maximum Gasteiger partial charge on any atom is 0.251 e. The predicted molar refractivity (Wildman–Crippen MR) is 64.6 cm³/mol. The summed E-state index contributed by atoms with van der Waals surface area (Å²) >= 11 is 0. The lowest BCUT2D eigenvalue weighted by Crippen LogP contribution is -2.31. The smallest absolute Gasteiger partial charge is 0.251 e. The SMILES string of the molecule is NNc1ccc(C(=O)NCCS(N)(=O)=O)cc1. The molecule has 0 heterocycles. The number of carbonyl (C=O) groups excluding carboxylic acids is 1. The van der Waals surface area contributed by atoms with Crippen LogP contribution in [0, 0.1) is 0 Å². The van der Waals surface area contributed by atoms with Gasteiger partial charge >= 0.3 is 0 Å². The molecule has 8 heteroatoms. The predicted octanol–water partition coefficient (Wildman–Crippen LogP) is -1.01. The van der Waals surface area contributed by atoms with Gasteiger partial charge in [0.25, 0.3) is 5.91 Å².